The highest BCUT2D eigenvalue weighted by Gasteiger charge is 2.39. The largest absolute Gasteiger partial charge is 0.458 e. The first-order chi connectivity index (χ1) is 15.2. The molecule has 0 aromatic heterocycles. The Hall–Kier alpha value is -3.86. The summed E-state index contributed by atoms with van der Waals surface area (Å²) >= 11 is 0. The van der Waals surface area contributed by atoms with E-state index in [1.165, 1.54) is 4.90 Å². The molecule has 0 aliphatic carbocycles. The topological polar surface area (TPSA) is 109 Å². The van der Waals surface area contributed by atoms with Crippen molar-refractivity contribution < 1.29 is 23.9 Å². The summed E-state index contributed by atoms with van der Waals surface area (Å²) in [6, 6.07) is 16.7. The monoisotopic (exact) mass is 435 g/mol. The van der Waals surface area contributed by atoms with Gasteiger partial charge in [-0.25, -0.2) is 9.59 Å². The first-order valence-corrected chi connectivity index (χ1v) is 10.2. The van der Waals surface area contributed by atoms with Crippen molar-refractivity contribution in [3.63, 3.8) is 0 Å². The summed E-state index contributed by atoms with van der Waals surface area (Å²) in [6.07, 6.45) is -1.52. The van der Waals surface area contributed by atoms with Gasteiger partial charge in [-0.05, 0) is 50.6 Å². The molecule has 166 valence electrons. The molecule has 32 heavy (non-hydrogen) atoms. The summed E-state index contributed by atoms with van der Waals surface area (Å²) < 4.78 is 10.7. The molecule has 0 radical (unpaired) electrons. The van der Waals surface area contributed by atoms with Crippen LogP contribution in [0.3, 0.4) is 0 Å². The second-order valence-electron chi connectivity index (χ2n) is 8.43. The number of rotatable bonds is 6. The van der Waals surface area contributed by atoms with Gasteiger partial charge in [0.2, 0.25) is 0 Å². The highest BCUT2D eigenvalue weighted by Crippen LogP contribution is 2.22. The Morgan fingerprint density at radius 3 is 2.44 bits per heavy atom. The number of hydrogen-bond donors (Lipinski definition) is 1. The van der Waals surface area contributed by atoms with Gasteiger partial charge in [0, 0.05) is 12.1 Å². The Morgan fingerprint density at radius 2 is 1.84 bits per heavy atom. The molecule has 0 saturated carbocycles. The van der Waals surface area contributed by atoms with Gasteiger partial charge in [-0.2, -0.15) is 5.26 Å². The van der Waals surface area contributed by atoms with Gasteiger partial charge in [0.1, 0.15) is 11.6 Å². The van der Waals surface area contributed by atoms with E-state index in [9.17, 15) is 14.4 Å². The third-order valence-electron chi connectivity index (χ3n) is 4.70. The number of amides is 2. The fraction of sp³-hybridized carbons (Fsp3) is 0.333. The van der Waals surface area contributed by atoms with Crippen molar-refractivity contribution in [2.45, 2.75) is 44.9 Å². The van der Waals surface area contributed by atoms with Crippen molar-refractivity contribution in [2.75, 3.05) is 11.4 Å². The van der Waals surface area contributed by atoms with E-state index < -0.39 is 35.7 Å². The van der Waals surface area contributed by atoms with Crippen LogP contribution in [0.5, 0.6) is 0 Å². The minimum absolute atomic E-state index is 0.0110. The van der Waals surface area contributed by atoms with Crippen molar-refractivity contribution in [1.82, 2.24) is 5.32 Å². The number of esters is 1. The quantitative estimate of drug-likeness (QED) is 0.699. The molecular formula is C24H25N3O5. The number of nitrogens with one attached hydrogen (secondary N) is 1. The van der Waals surface area contributed by atoms with E-state index in [1.807, 2.05) is 36.4 Å². The van der Waals surface area contributed by atoms with Gasteiger partial charge >= 0.3 is 12.1 Å². The van der Waals surface area contributed by atoms with Gasteiger partial charge in [0.05, 0.1) is 18.2 Å². The Bertz CT molecular complexity index is 1020. The van der Waals surface area contributed by atoms with E-state index in [0.29, 0.717) is 11.3 Å². The number of anilines is 1. The summed E-state index contributed by atoms with van der Waals surface area (Å²) in [5.41, 5.74) is 1.10. The zero-order chi connectivity index (χ0) is 23.3. The van der Waals surface area contributed by atoms with Crippen LogP contribution in [0, 0.1) is 11.3 Å². The van der Waals surface area contributed by atoms with Crippen LogP contribution >= 0.6 is 0 Å². The Balaban J connectivity index is 1.71. The predicted molar refractivity (Wildman–Crippen MR) is 117 cm³/mol. The maximum atomic E-state index is 12.9. The number of ether oxygens (including phenoxy) is 2. The minimum Gasteiger partial charge on any atom is -0.458 e. The van der Waals surface area contributed by atoms with Gasteiger partial charge in [-0.3, -0.25) is 9.69 Å². The van der Waals surface area contributed by atoms with E-state index >= 15 is 0 Å². The molecule has 0 spiro atoms. The van der Waals surface area contributed by atoms with Crippen LogP contribution in [0.25, 0.3) is 0 Å². The van der Waals surface area contributed by atoms with Gasteiger partial charge < -0.3 is 14.8 Å². The van der Waals surface area contributed by atoms with Crippen LogP contribution in [0.1, 0.15) is 31.9 Å². The fourth-order valence-corrected chi connectivity index (χ4v) is 3.21. The molecule has 1 fully saturated rings. The lowest BCUT2D eigenvalue weighted by molar-refractivity contribution is -0.159. The van der Waals surface area contributed by atoms with Crippen molar-refractivity contribution in [1.29, 1.82) is 5.26 Å². The van der Waals surface area contributed by atoms with E-state index in [4.69, 9.17) is 14.7 Å². The van der Waals surface area contributed by atoms with Crippen LogP contribution in [-0.4, -0.2) is 42.3 Å². The van der Waals surface area contributed by atoms with Gasteiger partial charge in [0.15, 0.2) is 6.10 Å². The zero-order valence-electron chi connectivity index (χ0n) is 18.2. The number of cyclic esters (lactones) is 1. The molecule has 1 N–H and O–H groups in total. The molecular weight excluding hydrogens is 410 g/mol. The third kappa shape index (κ3) is 5.85. The maximum Gasteiger partial charge on any atom is 0.415 e. The molecule has 1 saturated heterocycles. The zero-order valence-corrected chi connectivity index (χ0v) is 18.2. The van der Waals surface area contributed by atoms with E-state index in [1.54, 1.807) is 45.0 Å². The molecule has 1 heterocycles. The molecule has 2 unspecified atom stereocenters. The maximum absolute atomic E-state index is 12.9. The van der Waals surface area contributed by atoms with E-state index in [0.717, 1.165) is 5.56 Å². The molecule has 2 aromatic rings. The predicted octanol–water partition coefficient (Wildman–Crippen LogP) is 2.95. The van der Waals surface area contributed by atoms with Crippen molar-refractivity contribution in [3.8, 4) is 6.07 Å². The fourth-order valence-electron chi connectivity index (χ4n) is 3.21. The first kappa shape index (κ1) is 22.8. The molecule has 2 aromatic carbocycles. The number of hydrogen-bond acceptors (Lipinski definition) is 6. The van der Waals surface area contributed by atoms with Crippen molar-refractivity contribution in [2.24, 2.45) is 0 Å². The summed E-state index contributed by atoms with van der Waals surface area (Å²) in [5, 5.41) is 11.6. The molecule has 2 atom stereocenters. The Kier molecular flexibility index (Phi) is 6.79. The van der Waals surface area contributed by atoms with Gasteiger partial charge in [-0.15, -0.1) is 0 Å². The normalized spacial score (nSPS) is 16.6. The van der Waals surface area contributed by atoms with E-state index in [-0.39, 0.29) is 13.0 Å². The number of carbonyl (C=O) groups is 3. The van der Waals surface area contributed by atoms with Crippen LogP contribution in [-0.2, 0) is 25.5 Å². The smallest absolute Gasteiger partial charge is 0.415 e. The molecule has 8 nitrogen and oxygen atoms in total. The standard InChI is InChI=1S/C24H25N3O5/c1-24(2,3)32-22(29)19(13-16-7-5-4-6-8-16)26-21(28)20-15-27(23(30)31-20)18-11-9-17(14-25)10-12-18/h4-12,19-20H,13,15H2,1-3H3,(H,26,28). The first-order valence-electron chi connectivity index (χ1n) is 10.2. The summed E-state index contributed by atoms with van der Waals surface area (Å²) in [5.74, 6) is -1.15. The molecule has 1 aliphatic rings. The number of nitrogens with zero attached hydrogens (tertiary/aromatic N) is 2. The van der Waals surface area contributed by atoms with Crippen LogP contribution in [0.2, 0.25) is 0 Å². The average Bonchev–Trinajstić information content (AvgIpc) is 3.14. The highest BCUT2D eigenvalue weighted by molar-refractivity contribution is 5.96. The summed E-state index contributed by atoms with van der Waals surface area (Å²) in [6.45, 7) is 5.24. The molecule has 8 heteroatoms. The van der Waals surface area contributed by atoms with E-state index in [2.05, 4.69) is 5.32 Å². The van der Waals surface area contributed by atoms with Crippen LogP contribution in [0.4, 0.5) is 10.5 Å². The van der Waals surface area contributed by atoms with Gasteiger partial charge in [0.25, 0.3) is 5.91 Å². The lowest BCUT2D eigenvalue weighted by Crippen LogP contribution is -2.49. The SMILES string of the molecule is CC(C)(C)OC(=O)C(Cc1ccccc1)NC(=O)C1CN(c2ccc(C#N)cc2)C(=O)O1. The lowest BCUT2D eigenvalue weighted by atomic mass is 10.1. The second kappa shape index (κ2) is 9.52. The number of carbonyl (C=O) groups excluding carboxylic acids is 3. The van der Waals surface area contributed by atoms with Crippen LogP contribution in [0.15, 0.2) is 54.6 Å². The Labute approximate surface area is 186 Å². The average molecular weight is 435 g/mol. The lowest BCUT2D eigenvalue weighted by Gasteiger charge is -2.25. The third-order valence-corrected chi connectivity index (χ3v) is 4.70. The molecule has 3 rings (SSSR count). The van der Waals surface area contributed by atoms with Crippen molar-refractivity contribution >= 4 is 23.7 Å². The van der Waals surface area contributed by atoms with Crippen molar-refractivity contribution in [3.05, 3.63) is 65.7 Å². The number of nitriles is 1. The molecule has 1 aliphatic heterocycles. The van der Waals surface area contributed by atoms with Crippen LogP contribution < -0.4 is 10.2 Å². The molecule has 0 bridgehead atoms. The summed E-state index contributed by atoms with van der Waals surface area (Å²) in [4.78, 5) is 39.2. The molecule has 2 amide bonds. The van der Waals surface area contributed by atoms with Gasteiger partial charge in [-0.1, -0.05) is 30.3 Å². The summed E-state index contributed by atoms with van der Waals surface area (Å²) in [7, 11) is 0. The highest BCUT2D eigenvalue weighted by atomic mass is 16.6. The Morgan fingerprint density at radius 1 is 1.19 bits per heavy atom. The number of benzene rings is 2. The minimum atomic E-state index is -1.08. The second-order valence-corrected chi connectivity index (χ2v) is 8.43.